The number of anilines is 1. The molecule has 6 nitrogen and oxygen atoms in total. The molecular formula is C20H27BrClN3O3Si. The molecule has 1 aliphatic heterocycles. The van der Waals surface area contributed by atoms with Crippen molar-refractivity contribution in [2.45, 2.75) is 51.2 Å². The summed E-state index contributed by atoms with van der Waals surface area (Å²) in [7, 11) is -1.14. The predicted octanol–water partition coefficient (Wildman–Crippen LogP) is 5.51. The minimum atomic E-state index is -1.14. The summed E-state index contributed by atoms with van der Waals surface area (Å²) < 4.78 is 13.8. The van der Waals surface area contributed by atoms with Crippen LogP contribution < -0.4 is 10.1 Å². The zero-order valence-corrected chi connectivity index (χ0v) is 20.3. The molecule has 1 aliphatic rings. The lowest BCUT2D eigenvalue weighted by Crippen LogP contribution is -2.23. The fraction of sp³-hybridized carbons (Fsp3) is 0.500. The number of carbonyl (C=O) groups excluding carboxylic acids is 1. The molecule has 2 aromatic rings. The molecule has 1 atom stereocenters. The van der Waals surface area contributed by atoms with Crippen LogP contribution >= 0.6 is 27.5 Å². The van der Waals surface area contributed by atoms with Crippen molar-refractivity contribution in [3.05, 3.63) is 39.5 Å². The van der Waals surface area contributed by atoms with Gasteiger partial charge in [0.05, 0.1) is 6.61 Å². The number of amides is 1. The molecular weight excluding hydrogens is 474 g/mol. The van der Waals surface area contributed by atoms with Crippen LogP contribution in [0.25, 0.3) is 0 Å². The lowest BCUT2D eigenvalue weighted by Gasteiger charge is -2.25. The van der Waals surface area contributed by atoms with Crippen LogP contribution in [0.4, 0.5) is 5.82 Å². The van der Waals surface area contributed by atoms with Gasteiger partial charge in [-0.25, -0.2) is 4.68 Å². The highest BCUT2D eigenvalue weighted by Crippen LogP contribution is 2.37. The number of benzene rings is 1. The van der Waals surface area contributed by atoms with Crippen LogP contribution in [-0.2, 0) is 16.3 Å². The van der Waals surface area contributed by atoms with E-state index in [0.29, 0.717) is 41.8 Å². The quantitative estimate of drug-likeness (QED) is 0.383. The van der Waals surface area contributed by atoms with Crippen LogP contribution in [0.5, 0.6) is 5.75 Å². The van der Waals surface area contributed by atoms with E-state index in [0.717, 1.165) is 23.8 Å². The van der Waals surface area contributed by atoms with Gasteiger partial charge in [-0.2, -0.15) is 5.10 Å². The van der Waals surface area contributed by atoms with Gasteiger partial charge < -0.3 is 14.8 Å². The number of carbonyl (C=O) groups is 1. The first kappa shape index (κ1) is 22.3. The minimum absolute atomic E-state index is 0.0615. The molecule has 9 heteroatoms. The Morgan fingerprint density at radius 2 is 2.21 bits per heavy atom. The summed E-state index contributed by atoms with van der Waals surface area (Å²) in [5.74, 6) is 1.43. The van der Waals surface area contributed by atoms with Gasteiger partial charge in [0.25, 0.3) is 0 Å². The molecule has 158 valence electrons. The molecule has 0 fully saturated rings. The van der Waals surface area contributed by atoms with E-state index in [2.05, 4.69) is 46.0 Å². The lowest BCUT2D eigenvalue weighted by molar-refractivity contribution is -0.116. The monoisotopic (exact) mass is 499 g/mol. The second kappa shape index (κ2) is 9.64. The Morgan fingerprint density at radius 1 is 1.41 bits per heavy atom. The van der Waals surface area contributed by atoms with Gasteiger partial charge in [0, 0.05) is 32.2 Å². The predicted molar refractivity (Wildman–Crippen MR) is 122 cm³/mol. The lowest BCUT2D eigenvalue weighted by atomic mass is 9.90. The number of halogens is 2. The van der Waals surface area contributed by atoms with Crippen LogP contribution in [0.1, 0.15) is 24.3 Å². The fourth-order valence-corrected chi connectivity index (χ4v) is 4.51. The summed E-state index contributed by atoms with van der Waals surface area (Å²) in [6.45, 7) is 8.53. The average Bonchev–Trinajstić information content (AvgIpc) is 2.97. The number of aromatic nitrogens is 2. The van der Waals surface area contributed by atoms with E-state index in [9.17, 15) is 4.79 Å². The Bertz CT molecular complexity index is 869. The van der Waals surface area contributed by atoms with E-state index in [1.807, 2.05) is 18.2 Å². The minimum Gasteiger partial charge on any atom is -0.493 e. The SMILES string of the molecule is C[Si](C)(C)CCOCn1nc(Br)cc1NC(=O)CC1CCOc2cc(Cl)ccc21. The fourth-order valence-electron chi connectivity index (χ4n) is 3.18. The summed E-state index contributed by atoms with van der Waals surface area (Å²) in [6, 6.07) is 8.47. The van der Waals surface area contributed by atoms with Crippen molar-refractivity contribution in [1.82, 2.24) is 9.78 Å². The van der Waals surface area contributed by atoms with Crippen molar-refractivity contribution in [1.29, 1.82) is 0 Å². The van der Waals surface area contributed by atoms with Crippen LogP contribution in [-0.4, -0.2) is 37.0 Å². The van der Waals surface area contributed by atoms with Crippen LogP contribution in [0.3, 0.4) is 0 Å². The Morgan fingerprint density at radius 3 is 2.97 bits per heavy atom. The van der Waals surface area contributed by atoms with Crippen molar-refractivity contribution < 1.29 is 14.3 Å². The Labute approximate surface area is 186 Å². The molecule has 1 N–H and O–H groups in total. The number of hydrogen-bond donors (Lipinski definition) is 1. The number of ether oxygens (including phenoxy) is 2. The molecule has 1 amide bonds. The summed E-state index contributed by atoms with van der Waals surface area (Å²) in [4.78, 5) is 12.7. The van der Waals surface area contributed by atoms with E-state index in [1.165, 1.54) is 0 Å². The maximum absolute atomic E-state index is 12.7. The van der Waals surface area contributed by atoms with Crippen molar-refractivity contribution in [3.63, 3.8) is 0 Å². The maximum atomic E-state index is 12.7. The molecule has 0 radical (unpaired) electrons. The number of rotatable bonds is 8. The van der Waals surface area contributed by atoms with Crippen molar-refractivity contribution in [2.75, 3.05) is 18.5 Å². The topological polar surface area (TPSA) is 65.4 Å². The molecule has 0 bridgehead atoms. The van der Waals surface area contributed by atoms with Crippen molar-refractivity contribution >= 4 is 47.3 Å². The highest BCUT2D eigenvalue weighted by molar-refractivity contribution is 9.10. The standard InChI is InChI=1S/C20H27BrClN3O3Si/c1-29(2,3)9-8-27-13-25-19(12-18(21)24-25)23-20(26)10-14-6-7-28-17-11-15(22)4-5-16(14)17/h4-5,11-12,14H,6-10,13H2,1-3H3,(H,23,26). The third-order valence-electron chi connectivity index (χ3n) is 4.80. The summed E-state index contributed by atoms with van der Waals surface area (Å²) in [5, 5.41) is 7.97. The molecule has 0 spiro atoms. The number of nitrogens with zero attached hydrogens (tertiary/aromatic N) is 2. The second-order valence-corrected chi connectivity index (χ2v) is 15.3. The van der Waals surface area contributed by atoms with Crippen molar-refractivity contribution in [2.24, 2.45) is 0 Å². The van der Waals surface area contributed by atoms with E-state index in [4.69, 9.17) is 21.1 Å². The molecule has 0 aliphatic carbocycles. The van der Waals surface area contributed by atoms with Gasteiger partial charge in [0.1, 0.15) is 22.9 Å². The van der Waals surface area contributed by atoms with Crippen LogP contribution in [0, 0.1) is 0 Å². The number of hydrogen-bond acceptors (Lipinski definition) is 4. The maximum Gasteiger partial charge on any atom is 0.226 e. The Hall–Kier alpha value is -1.35. The third kappa shape index (κ3) is 6.57. The molecule has 0 saturated carbocycles. The summed E-state index contributed by atoms with van der Waals surface area (Å²) in [5.41, 5.74) is 1.03. The highest BCUT2D eigenvalue weighted by Gasteiger charge is 2.24. The second-order valence-electron chi connectivity index (χ2n) is 8.47. The Balaban J connectivity index is 1.59. The molecule has 1 unspecified atom stereocenters. The smallest absolute Gasteiger partial charge is 0.226 e. The molecule has 29 heavy (non-hydrogen) atoms. The van der Waals surface area contributed by atoms with Crippen LogP contribution in [0.2, 0.25) is 30.7 Å². The summed E-state index contributed by atoms with van der Waals surface area (Å²) >= 11 is 9.43. The van der Waals surface area contributed by atoms with Gasteiger partial charge >= 0.3 is 0 Å². The zero-order chi connectivity index (χ0) is 21.0. The van der Waals surface area contributed by atoms with Crippen molar-refractivity contribution in [3.8, 4) is 5.75 Å². The Kier molecular flexibility index (Phi) is 7.42. The van der Waals surface area contributed by atoms with Crippen LogP contribution in [0.15, 0.2) is 28.9 Å². The van der Waals surface area contributed by atoms with E-state index < -0.39 is 8.07 Å². The largest absolute Gasteiger partial charge is 0.493 e. The zero-order valence-electron chi connectivity index (χ0n) is 17.0. The van der Waals surface area contributed by atoms with E-state index in [-0.39, 0.29) is 11.8 Å². The molecule has 1 aromatic heterocycles. The van der Waals surface area contributed by atoms with E-state index >= 15 is 0 Å². The average molecular weight is 501 g/mol. The molecule has 2 heterocycles. The van der Waals surface area contributed by atoms with Gasteiger partial charge in [-0.15, -0.1) is 0 Å². The van der Waals surface area contributed by atoms with Gasteiger partial charge in [-0.3, -0.25) is 4.79 Å². The van der Waals surface area contributed by atoms with Gasteiger partial charge in [-0.1, -0.05) is 37.3 Å². The van der Waals surface area contributed by atoms with Gasteiger partial charge in [0.15, 0.2) is 0 Å². The first-order chi connectivity index (χ1) is 13.7. The molecule has 1 aromatic carbocycles. The van der Waals surface area contributed by atoms with Gasteiger partial charge in [-0.05, 0) is 52.0 Å². The van der Waals surface area contributed by atoms with E-state index in [1.54, 1.807) is 10.7 Å². The number of nitrogens with one attached hydrogen (secondary N) is 1. The summed E-state index contributed by atoms with van der Waals surface area (Å²) in [6.07, 6.45) is 1.17. The third-order valence-corrected chi connectivity index (χ3v) is 7.13. The van der Waals surface area contributed by atoms with Gasteiger partial charge in [0.2, 0.25) is 5.91 Å². The molecule has 0 saturated heterocycles. The highest BCUT2D eigenvalue weighted by atomic mass is 79.9. The molecule has 3 rings (SSSR count). The first-order valence-electron chi connectivity index (χ1n) is 9.74. The number of fused-ring (bicyclic) bond motifs is 1. The first-order valence-corrected chi connectivity index (χ1v) is 14.6. The normalized spacial score (nSPS) is 16.2.